The molecule has 0 amide bonds. The molecule has 20 heavy (non-hydrogen) atoms. The highest BCUT2D eigenvalue weighted by Crippen LogP contribution is 2.26. The van der Waals surface area contributed by atoms with Crippen LogP contribution in [0.2, 0.25) is 0 Å². The standard InChI is InChI=1S/C11H14N6O3/c12-11-14-9(16-2-1-6(18)3-16)8-10(15-11)17(5-13-8)4-7(19)20/h5-6,18H,1-4H2,(H,19,20)(H2,12,14,15). The molecular formula is C11H14N6O3. The number of carboxylic acids is 1. The zero-order valence-corrected chi connectivity index (χ0v) is 10.6. The number of hydrogen-bond acceptors (Lipinski definition) is 7. The van der Waals surface area contributed by atoms with Gasteiger partial charge in [0.2, 0.25) is 5.95 Å². The number of fused-ring (bicyclic) bond motifs is 1. The molecule has 1 fully saturated rings. The lowest BCUT2D eigenvalue weighted by Gasteiger charge is -2.17. The van der Waals surface area contributed by atoms with Crippen molar-refractivity contribution < 1.29 is 15.0 Å². The summed E-state index contributed by atoms with van der Waals surface area (Å²) in [5.41, 5.74) is 6.57. The molecule has 0 aromatic carbocycles. The van der Waals surface area contributed by atoms with Crippen LogP contribution in [0.1, 0.15) is 6.42 Å². The van der Waals surface area contributed by atoms with Crippen LogP contribution in [-0.2, 0) is 11.3 Å². The van der Waals surface area contributed by atoms with Gasteiger partial charge in [0, 0.05) is 13.1 Å². The molecule has 106 valence electrons. The van der Waals surface area contributed by atoms with E-state index in [1.807, 2.05) is 4.90 Å². The first-order valence-corrected chi connectivity index (χ1v) is 6.17. The Balaban J connectivity index is 2.08. The average molecular weight is 278 g/mol. The van der Waals surface area contributed by atoms with Crippen molar-refractivity contribution in [3.05, 3.63) is 6.33 Å². The van der Waals surface area contributed by atoms with Gasteiger partial charge in [-0.25, -0.2) is 4.98 Å². The van der Waals surface area contributed by atoms with Gasteiger partial charge in [-0.3, -0.25) is 4.79 Å². The van der Waals surface area contributed by atoms with E-state index < -0.39 is 12.1 Å². The highest BCUT2D eigenvalue weighted by atomic mass is 16.4. The summed E-state index contributed by atoms with van der Waals surface area (Å²) in [5, 5.41) is 18.5. The Labute approximate surface area is 113 Å². The van der Waals surface area contributed by atoms with Crippen molar-refractivity contribution in [3.8, 4) is 0 Å². The van der Waals surface area contributed by atoms with Crippen LogP contribution in [0.15, 0.2) is 6.33 Å². The summed E-state index contributed by atoms with van der Waals surface area (Å²) in [4.78, 5) is 25.1. The van der Waals surface area contributed by atoms with Gasteiger partial charge in [-0.2, -0.15) is 9.97 Å². The van der Waals surface area contributed by atoms with E-state index in [1.165, 1.54) is 10.9 Å². The van der Waals surface area contributed by atoms with Crippen LogP contribution in [0.25, 0.3) is 11.2 Å². The molecule has 0 saturated carbocycles. The molecule has 1 aliphatic rings. The fourth-order valence-electron chi connectivity index (χ4n) is 2.36. The van der Waals surface area contributed by atoms with Gasteiger partial charge >= 0.3 is 5.97 Å². The van der Waals surface area contributed by atoms with Crippen molar-refractivity contribution in [1.82, 2.24) is 19.5 Å². The van der Waals surface area contributed by atoms with E-state index in [2.05, 4.69) is 15.0 Å². The summed E-state index contributed by atoms with van der Waals surface area (Å²) in [6, 6.07) is 0. The van der Waals surface area contributed by atoms with Crippen LogP contribution in [0.5, 0.6) is 0 Å². The number of aliphatic hydroxyl groups is 1. The molecule has 0 bridgehead atoms. The molecule has 9 nitrogen and oxygen atoms in total. The molecule has 0 spiro atoms. The first kappa shape index (κ1) is 12.6. The normalized spacial score (nSPS) is 18.9. The summed E-state index contributed by atoms with van der Waals surface area (Å²) < 4.78 is 1.41. The van der Waals surface area contributed by atoms with E-state index in [1.54, 1.807) is 0 Å². The maximum Gasteiger partial charge on any atom is 0.323 e. The Morgan fingerprint density at radius 2 is 2.30 bits per heavy atom. The molecule has 2 aromatic heterocycles. The fraction of sp³-hybridized carbons (Fsp3) is 0.455. The Hall–Kier alpha value is -2.42. The lowest BCUT2D eigenvalue weighted by Crippen LogP contribution is -2.23. The van der Waals surface area contributed by atoms with Crippen LogP contribution < -0.4 is 10.6 Å². The SMILES string of the molecule is Nc1nc(N2CCC(O)C2)c2ncn(CC(=O)O)c2n1. The highest BCUT2D eigenvalue weighted by Gasteiger charge is 2.25. The first-order chi connectivity index (χ1) is 9.54. The molecule has 2 aromatic rings. The number of aromatic nitrogens is 4. The van der Waals surface area contributed by atoms with Gasteiger partial charge in [-0.05, 0) is 6.42 Å². The number of hydrogen-bond donors (Lipinski definition) is 3. The summed E-state index contributed by atoms with van der Waals surface area (Å²) in [5.74, 6) is -0.395. The maximum atomic E-state index is 10.8. The monoisotopic (exact) mass is 278 g/mol. The number of anilines is 2. The molecule has 4 N–H and O–H groups in total. The topological polar surface area (TPSA) is 130 Å². The average Bonchev–Trinajstić information content (AvgIpc) is 2.95. The van der Waals surface area contributed by atoms with Crippen LogP contribution in [0.4, 0.5) is 11.8 Å². The second-order valence-electron chi connectivity index (χ2n) is 4.73. The van der Waals surface area contributed by atoms with Crippen molar-refractivity contribution in [2.45, 2.75) is 19.1 Å². The van der Waals surface area contributed by atoms with E-state index in [0.717, 1.165) is 0 Å². The van der Waals surface area contributed by atoms with Gasteiger partial charge in [0.1, 0.15) is 6.54 Å². The van der Waals surface area contributed by atoms with Crippen molar-refractivity contribution in [1.29, 1.82) is 0 Å². The molecule has 9 heteroatoms. The van der Waals surface area contributed by atoms with Gasteiger partial charge in [0.15, 0.2) is 17.0 Å². The number of β-amino-alcohol motifs (C(OH)–C–C–N with tert-alkyl or cyclic N) is 1. The molecule has 1 unspecified atom stereocenters. The predicted octanol–water partition coefficient (Wildman–Crippen LogP) is -0.936. The largest absolute Gasteiger partial charge is 0.480 e. The zero-order valence-electron chi connectivity index (χ0n) is 10.6. The third-order valence-corrected chi connectivity index (χ3v) is 3.23. The Bertz CT molecular complexity index is 669. The minimum atomic E-state index is -0.986. The Morgan fingerprint density at radius 3 is 2.95 bits per heavy atom. The third kappa shape index (κ3) is 2.11. The molecule has 0 radical (unpaired) electrons. The minimum absolute atomic E-state index is 0.0565. The van der Waals surface area contributed by atoms with Crippen LogP contribution in [0.3, 0.4) is 0 Å². The highest BCUT2D eigenvalue weighted by molar-refractivity contribution is 5.85. The van der Waals surface area contributed by atoms with Gasteiger partial charge in [0.25, 0.3) is 0 Å². The molecule has 1 atom stereocenters. The van der Waals surface area contributed by atoms with Gasteiger partial charge < -0.3 is 25.4 Å². The number of nitrogen functional groups attached to an aromatic ring is 1. The van der Waals surface area contributed by atoms with Crippen molar-refractivity contribution in [2.75, 3.05) is 23.7 Å². The lowest BCUT2D eigenvalue weighted by atomic mass is 10.3. The summed E-state index contributed by atoms with van der Waals surface area (Å²) in [6.45, 7) is 0.866. The van der Waals surface area contributed by atoms with E-state index in [-0.39, 0.29) is 12.5 Å². The number of aliphatic carboxylic acids is 1. The van der Waals surface area contributed by atoms with E-state index >= 15 is 0 Å². The summed E-state index contributed by atoms with van der Waals surface area (Å²) in [6.07, 6.45) is 1.66. The van der Waals surface area contributed by atoms with E-state index in [9.17, 15) is 9.90 Å². The summed E-state index contributed by atoms with van der Waals surface area (Å²) >= 11 is 0. The third-order valence-electron chi connectivity index (χ3n) is 3.23. The number of carboxylic acid groups (broad SMARTS) is 1. The molecule has 3 rings (SSSR count). The summed E-state index contributed by atoms with van der Waals surface area (Å²) in [7, 11) is 0. The molecule has 1 saturated heterocycles. The van der Waals surface area contributed by atoms with Crippen LogP contribution >= 0.6 is 0 Å². The second-order valence-corrected chi connectivity index (χ2v) is 4.73. The number of aliphatic hydroxyl groups excluding tert-OH is 1. The maximum absolute atomic E-state index is 10.8. The van der Waals surface area contributed by atoms with Crippen molar-refractivity contribution in [3.63, 3.8) is 0 Å². The van der Waals surface area contributed by atoms with Gasteiger partial charge in [-0.1, -0.05) is 0 Å². The number of imidazole rings is 1. The zero-order chi connectivity index (χ0) is 14.3. The first-order valence-electron chi connectivity index (χ1n) is 6.17. The lowest BCUT2D eigenvalue weighted by molar-refractivity contribution is -0.137. The number of rotatable bonds is 3. The number of nitrogens with two attached hydrogens (primary N) is 1. The van der Waals surface area contributed by atoms with Gasteiger partial charge in [-0.15, -0.1) is 0 Å². The minimum Gasteiger partial charge on any atom is -0.480 e. The Morgan fingerprint density at radius 1 is 1.50 bits per heavy atom. The van der Waals surface area contributed by atoms with E-state index in [4.69, 9.17) is 10.8 Å². The molecule has 1 aliphatic heterocycles. The fourth-order valence-corrected chi connectivity index (χ4v) is 2.36. The van der Waals surface area contributed by atoms with Crippen LogP contribution in [-0.4, -0.2) is 54.9 Å². The van der Waals surface area contributed by atoms with Crippen LogP contribution in [0, 0.1) is 0 Å². The van der Waals surface area contributed by atoms with Gasteiger partial charge in [0.05, 0.1) is 12.4 Å². The Kier molecular flexibility index (Phi) is 2.90. The molecule has 3 heterocycles. The van der Waals surface area contributed by atoms with Crippen molar-refractivity contribution in [2.24, 2.45) is 0 Å². The number of nitrogens with zero attached hydrogens (tertiary/aromatic N) is 5. The predicted molar refractivity (Wildman–Crippen MR) is 70.2 cm³/mol. The molecular weight excluding hydrogens is 264 g/mol. The molecule has 0 aliphatic carbocycles. The smallest absolute Gasteiger partial charge is 0.323 e. The van der Waals surface area contributed by atoms with E-state index in [0.29, 0.717) is 36.5 Å². The van der Waals surface area contributed by atoms with Crippen molar-refractivity contribution >= 4 is 28.9 Å². The number of carbonyl (C=O) groups is 1. The quantitative estimate of drug-likeness (QED) is 0.656. The second kappa shape index (κ2) is 4.60.